The molecule has 0 heterocycles. The van der Waals surface area contributed by atoms with Crippen molar-refractivity contribution >= 4 is 0 Å². The molecule has 0 aromatic carbocycles. The first-order chi connectivity index (χ1) is 6.13. The van der Waals surface area contributed by atoms with Crippen LogP contribution < -0.4 is 5.73 Å². The standard InChI is InChI=1S/C11H23NO/c1-4-13-10-5-9(6-10)7-11(12)8(2)3/h8-11H,4-7,12H2,1-3H3. The molecule has 1 aliphatic carbocycles. The Morgan fingerprint density at radius 2 is 2.00 bits per heavy atom. The Morgan fingerprint density at radius 3 is 2.46 bits per heavy atom. The van der Waals surface area contributed by atoms with Gasteiger partial charge in [0.2, 0.25) is 0 Å². The molecule has 1 atom stereocenters. The third kappa shape index (κ3) is 3.28. The molecule has 1 aliphatic rings. The third-order valence-corrected chi connectivity index (χ3v) is 3.06. The Morgan fingerprint density at radius 1 is 1.38 bits per heavy atom. The van der Waals surface area contributed by atoms with Crippen molar-refractivity contribution in [2.24, 2.45) is 17.6 Å². The van der Waals surface area contributed by atoms with Gasteiger partial charge < -0.3 is 10.5 Å². The van der Waals surface area contributed by atoms with Crippen molar-refractivity contribution in [3.05, 3.63) is 0 Å². The highest BCUT2D eigenvalue weighted by molar-refractivity contribution is 4.83. The van der Waals surface area contributed by atoms with Gasteiger partial charge in [-0.2, -0.15) is 0 Å². The van der Waals surface area contributed by atoms with E-state index < -0.39 is 0 Å². The predicted molar refractivity (Wildman–Crippen MR) is 55.6 cm³/mol. The monoisotopic (exact) mass is 185 g/mol. The molecule has 0 aromatic heterocycles. The zero-order valence-corrected chi connectivity index (χ0v) is 9.12. The van der Waals surface area contributed by atoms with E-state index in [1.165, 1.54) is 19.3 Å². The summed E-state index contributed by atoms with van der Waals surface area (Å²) in [6.45, 7) is 7.31. The molecule has 13 heavy (non-hydrogen) atoms. The van der Waals surface area contributed by atoms with Crippen LogP contribution in [-0.2, 0) is 4.74 Å². The van der Waals surface area contributed by atoms with E-state index in [-0.39, 0.29) is 0 Å². The second-order valence-electron chi connectivity index (χ2n) is 4.56. The van der Waals surface area contributed by atoms with E-state index in [2.05, 4.69) is 20.8 Å². The lowest BCUT2D eigenvalue weighted by atomic mass is 9.77. The quantitative estimate of drug-likeness (QED) is 0.712. The van der Waals surface area contributed by atoms with Crippen LogP contribution in [0.4, 0.5) is 0 Å². The number of ether oxygens (including phenoxy) is 1. The zero-order valence-electron chi connectivity index (χ0n) is 9.12. The summed E-state index contributed by atoms with van der Waals surface area (Å²) < 4.78 is 5.51. The van der Waals surface area contributed by atoms with Crippen LogP contribution in [0.3, 0.4) is 0 Å². The van der Waals surface area contributed by atoms with Gasteiger partial charge in [-0.3, -0.25) is 0 Å². The molecule has 2 N–H and O–H groups in total. The van der Waals surface area contributed by atoms with Crippen LogP contribution in [0, 0.1) is 11.8 Å². The lowest BCUT2D eigenvalue weighted by molar-refractivity contribution is -0.0291. The van der Waals surface area contributed by atoms with Gasteiger partial charge >= 0.3 is 0 Å². The van der Waals surface area contributed by atoms with E-state index >= 15 is 0 Å². The fourth-order valence-electron chi connectivity index (χ4n) is 1.90. The van der Waals surface area contributed by atoms with Crippen molar-refractivity contribution in [3.8, 4) is 0 Å². The first-order valence-corrected chi connectivity index (χ1v) is 5.50. The van der Waals surface area contributed by atoms with Gasteiger partial charge in [0, 0.05) is 12.6 Å². The van der Waals surface area contributed by atoms with Gasteiger partial charge in [0.1, 0.15) is 0 Å². The third-order valence-electron chi connectivity index (χ3n) is 3.06. The molecule has 0 aromatic rings. The highest BCUT2D eigenvalue weighted by Crippen LogP contribution is 2.34. The average Bonchev–Trinajstić information content (AvgIpc) is 2.00. The Bertz CT molecular complexity index is 141. The molecular weight excluding hydrogens is 162 g/mol. The number of rotatable bonds is 5. The van der Waals surface area contributed by atoms with E-state index in [0.29, 0.717) is 18.1 Å². The van der Waals surface area contributed by atoms with Crippen LogP contribution in [0.5, 0.6) is 0 Å². The van der Waals surface area contributed by atoms with Crippen LogP contribution in [0.15, 0.2) is 0 Å². The molecule has 0 amide bonds. The van der Waals surface area contributed by atoms with Gasteiger partial charge in [0.25, 0.3) is 0 Å². The minimum absolute atomic E-state index is 0.382. The molecule has 0 saturated heterocycles. The Labute approximate surface area is 81.8 Å². The molecule has 78 valence electrons. The second kappa shape index (κ2) is 4.97. The van der Waals surface area contributed by atoms with Gasteiger partial charge in [-0.1, -0.05) is 13.8 Å². The molecule has 2 nitrogen and oxygen atoms in total. The van der Waals surface area contributed by atoms with Gasteiger partial charge in [-0.15, -0.1) is 0 Å². The summed E-state index contributed by atoms with van der Waals surface area (Å²) in [6.07, 6.45) is 4.18. The van der Waals surface area contributed by atoms with Crippen LogP contribution >= 0.6 is 0 Å². The lowest BCUT2D eigenvalue weighted by Gasteiger charge is -2.37. The molecule has 0 bridgehead atoms. The molecule has 1 fully saturated rings. The van der Waals surface area contributed by atoms with E-state index in [1.54, 1.807) is 0 Å². The largest absolute Gasteiger partial charge is 0.378 e. The minimum Gasteiger partial charge on any atom is -0.378 e. The summed E-state index contributed by atoms with van der Waals surface area (Å²) in [7, 11) is 0. The zero-order chi connectivity index (χ0) is 9.84. The van der Waals surface area contributed by atoms with Crippen molar-refractivity contribution in [2.45, 2.75) is 52.2 Å². The first-order valence-electron chi connectivity index (χ1n) is 5.50. The normalized spacial score (nSPS) is 30.2. The van der Waals surface area contributed by atoms with Crippen LogP contribution in [-0.4, -0.2) is 18.8 Å². The van der Waals surface area contributed by atoms with Crippen molar-refractivity contribution in [2.75, 3.05) is 6.61 Å². The molecular formula is C11H23NO. The van der Waals surface area contributed by atoms with E-state index in [9.17, 15) is 0 Å². The molecule has 1 unspecified atom stereocenters. The number of hydrogen-bond donors (Lipinski definition) is 1. The van der Waals surface area contributed by atoms with Crippen molar-refractivity contribution < 1.29 is 4.74 Å². The highest BCUT2D eigenvalue weighted by atomic mass is 16.5. The van der Waals surface area contributed by atoms with Crippen LogP contribution in [0.25, 0.3) is 0 Å². The maximum atomic E-state index is 6.01. The lowest BCUT2D eigenvalue weighted by Crippen LogP contribution is -2.37. The average molecular weight is 185 g/mol. The summed E-state index contributed by atoms with van der Waals surface area (Å²) in [5.41, 5.74) is 6.01. The Kier molecular flexibility index (Phi) is 4.20. The van der Waals surface area contributed by atoms with Gasteiger partial charge in [-0.05, 0) is 38.0 Å². The molecule has 0 spiro atoms. The van der Waals surface area contributed by atoms with Crippen molar-refractivity contribution in [3.63, 3.8) is 0 Å². The molecule has 2 heteroatoms. The van der Waals surface area contributed by atoms with Gasteiger partial charge in [0.15, 0.2) is 0 Å². The minimum atomic E-state index is 0.382. The summed E-state index contributed by atoms with van der Waals surface area (Å²) in [6, 6.07) is 0.382. The Balaban J connectivity index is 2.07. The summed E-state index contributed by atoms with van der Waals surface area (Å²) >= 11 is 0. The number of nitrogens with two attached hydrogens (primary N) is 1. The first kappa shape index (κ1) is 11.0. The van der Waals surface area contributed by atoms with Gasteiger partial charge in [-0.25, -0.2) is 0 Å². The Hall–Kier alpha value is -0.0800. The molecule has 0 aliphatic heterocycles. The smallest absolute Gasteiger partial charge is 0.0580 e. The fraction of sp³-hybridized carbons (Fsp3) is 1.00. The van der Waals surface area contributed by atoms with Crippen LogP contribution in [0.2, 0.25) is 0 Å². The summed E-state index contributed by atoms with van der Waals surface area (Å²) in [5.74, 6) is 1.44. The maximum Gasteiger partial charge on any atom is 0.0580 e. The van der Waals surface area contributed by atoms with E-state index in [4.69, 9.17) is 10.5 Å². The van der Waals surface area contributed by atoms with Crippen molar-refractivity contribution in [1.29, 1.82) is 0 Å². The topological polar surface area (TPSA) is 35.2 Å². The van der Waals surface area contributed by atoms with Gasteiger partial charge in [0.05, 0.1) is 6.10 Å². The fourth-order valence-corrected chi connectivity index (χ4v) is 1.90. The highest BCUT2D eigenvalue weighted by Gasteiger charge is 2.30. The maximum absolute atomic E-state index is 6.01. The van der Waals surface area contributed by atoms with E-state index in [1.807, 2.05) is 0 Å². The molecule has 1 saturated carbocycles. The van der Waals surface area contributed by atoms with Crippen LogP contribution in [0.1, 0.15) is 40.0 Å². The molecule has 0 radical (unpaired) electrons. The summed E-state index contributed by atoms with van der Waals surface area (Å²) in [5, 5.41) is 0. The SMILES string of the molecule is CCOC1CC(CC(N)C(C)C)C1. The number of hydrogen-bond acceptors (Lipinski definition) is 2. The van der Waals surface area contributed by atoms with E-state index in [0.717, 1.165) is 12.5 Å². The summed E-state index contributed by atoms with van der Waals surface area (Å²) in [4.78, 5) is 0. The predicted octanol–water partition coefficient (Wildman–Crippen LogP) is 2.17. The second-order valence-corrected chi connectivity index (χ2v) is 4.56. The molecule has 1 rings (SSSR count). The van der Waals surface area contributed by atoms with Crippen molar-refractivity contribution in [1.82, 2.24) is 0 Å².